The van der Waals surface area contributed by atoms with E-state index in [9.17, 15) is 10.1 Å². The predicted octanol–water partition coefficient (Wildman–Crippen LogP) is 4.68. The SMILES string of the molecule is O=[N+]([O-])C(c1cccs1)n1c2ccccc2c2ccccc21. The molecule has 0 saturated heterocycles. The first-order valence-corrected chi connectivity index (χ1v) is 7.80. The van der Waals surface area contributed by atoms with Gasteiger partial charge in [0, 0.05) is 10.8 Å². The molecule has 0 aliphatic rings. The van der Waals surface area contributed by atoms with Gasteiger partial charge in [-0.05, 0) is 23.6 Å². The highest BCUT2D eigenvalue weighted by Crippen LogP contribution is 2.35. The minimum absolute atomic E-state index is 0.218. The van der Waals surface area contributed by atoms with E-state index in [0.717, 1.165) is 26.7 Å². The summed E-state index contributed by atoms with van der Waals surface area (Å²) in [6.45, 7) is 0. The fourth-order valence-electron chi connectivity index (χ4n) is 2.98. The Kier molecular flexibility index (Phi) is 2.94. The van der Waals surface area contributed by atoms with E-state index in [0.29, 0.717) is 0 Å². The summed E-state index contributed by atoms with van der Waals surface area (Å²) in [5.74, 6) is 0. The Morgan fingerprint density at radius 2 is 1.50 bits per heavy atom. The number of rotatable bonds is 3. The zero-order chi connectivity index (χ0) is 15.1. The van der Waals surface area contributed by atoms with Crippen molar-refractivity contribution in [1.29, 1.82) is 0 Å². The monoisotopic (exact) mass is 308 g/mol. The molecule has 0 N–H and O–H groups in total. The first-order valence-electron chi connectivity index (χ1n) is 6.92. The Labute approximate surface area is 130 Å². The summed E-state index contributed by atoms with van der Waals surface area (Å²) in [7, 11) is 0. The maximum Gasteiger partial charge on any atom is 0.326 e. The molecule has 22 heavy (non-hydrogen) atoms. The number of fused-ring (bicyclic) bond motifs is 3. The van der Waals surface area contributed by atoms with E-state index < -0.39 is 6.17 Å². The number of aromatic nitrogens is 1. The van der Waals surface area contributed by atoms with E-state index in [1.54, 1.807) is 0 Å². The minimum atomic E-state index is -0.898. The number of thiophene rings is 1. The van der Waals surface area contributed by atoms with Crippen LogP contribution in [0.3, 0.4) is 0 Å². The normalized spacial score (nSPS) is 12.7. The average Bonchev–Trinajstić information content (AvgIpc) is 3.16. The summed E-state index contributed by atoms with van der Waals surface area (Å²) >= 11 is 1.41. The summed E-state index contributed by atoms with van der Waals surface area (Å²) in [5, 5.41) is 15.7. The van der Waals surface area contributed by atoms with Gasteiger partial charge in [-0.25, -0.2) is 0 Å². The summed E-state index contributed by atoms with van der Waals surface area (Å²) in [4.78, 5) is 12.3. The lowest BCUT2D eigenvalue weighted by Crippen LogP contribution is -2.18. The molecule has 1 unspecified atom stereocenters. The van der Waals surface area contributed by atoms with Crippen LogP contribution in [0.15, 0.2) is 66.0 Å². The highest BCUT2D eigenvalue weighted by Gasteiger charge is 2.29. The van der Waals surface area contributed by atoms with Gasteiger partial charge in [0.15, 0.2) is 0 Å². The molecule has 0 radical (unpaired) electrons. The van der Waals surface area contributed by atoms with Gasteiger partial charge in [0.2, 0.25) is 0 Å². The first-order chi connectivity index (χ1) is 10.8. The molecule has 4 aromatic rings. The molecule has 5 heteroatoms. The molecule has 0 aliphatic heterocycles. The topological polar surface area (TPSA) is 48.1 Å². The lowest BCUT2D eigenvalue weighted by atomic mass is 10.2. The van der Waals surface area contributed by atoms with Crippen LogP contribution in [0.5, 0.6) is 0 Å². The van der Waals surface area contributed by atoms with Crippen LogP contribution in [0, 0.1) is 10.1 Å². The molecular formula is C17H12N2O2S. The van der Waals surface area contributed by atoms with E-state index >= 15 is 0 Å². The molecule has 0 amide bonds. The van der Waals surface area contributed by atoms with Crippen LogP contribution in [0.4, 0.5) is 0 Å². The molecule has 2 aromatic carbocycles. The van der Waals surface area contributed by atoms with Crippen LogP contribution in [0.25, 0.3) is 21.8 Å². The molecule has 1 atom stereocenters. The number of para-hydroxylation sites is 2. The summed E-state index contributed by atoms with van der Waals surface area (Å²) in [6.07, 6.45) is -0.898. The Bertz CT molecular complexity index is 920. The smallest absolute Gasteiger partial charge is 0.273 e. The quantitative estimate of drug-likeness (QED) is 0.407. The van der Waals surface area contributed by atoms with Gasteiger partial charge >= 0.3 is 6.17 Å². The average molecular weight is 308 g/mol. The molecule has 4 rings (SSSR count). The molecular weight excluding hydrogens is 296 g/mol. The van der Waals surface area contributed by atoms with E-state index in [1.807, 2.05) is 70.6 Å². The molecule has 2 aromatic heterocycles. The fourth-order valence-corrected chi connectivity index (χ4v) is 3.76. The van der Waals surface area contributed by atoms with Gasteiger partial charge in [-0.3, -0.25) is 14.7 Å². The van der Waals surface area contributed by atoms with Crippen LogP contribution in [0.1, 0.15) is 11.0 Å². The van der Waals surface area contributed by atoms with Gasteiger partial charge in [0.25, 0.3) is 0 Å². The standard InChI is InChI=1S/C17H12N2O2S/c20-19(21)17(16-10-5-11-22-16)18-14-8-3-1-6-12(14)13-7-2-4-9-15(13)18/h1-11,17H. The van der Waals surface area contributed by atoms with Gasteiger partial charge in [-0.1, -0.05) is 42.5 Å². The third-order valence-corrected chi connectivity index (χ3v) is 4.77. The van der Waals surface area contributed by atoms with Crippen molar-refractivity contribution >= 4 is 33.1 Å². The zero-order valence-corrected chi connectivity index (χ0v) is 12.4. The number of hydrogen-bond acceptors (Lipinski definition) is 3. The highest BCUT2D eigenvalue weighted by atomic mass is 32.1. The maximum absolute atomic E-state index is 11.8. The molecule has 4 nitrogen and oxygen atoms in total. The second-order valence-corrected chi connectivity index (χ2v) is 6.06. The second-order valence-electron chi connectivity index (χ2n) is 5.08. The molecule has 0 aliphatic carbocycles. The Morgan fingerprint density at radius 1 is 0.909 bits per heavy atom. The minimum Gasteiger partial charge on any atom is -0.273 e. The lowest BCUT2D eigenvalue weighted by Gasteiger charge is -2.12. The Morgan fingerprint density at radius 3 is 2.00 bits per heavy atom. The second kappa shape index (κ2) is 4.96. The van der Waals surface area contributed by atoms with Gasteiger partial charge in [0.05, 0.1) is 16.0 Å². The largest absolute Gasteiger partial charge is 0.326 e. The zero-order valence-electron chi connectivity index (χ0n) is 11.5. The van der Waals surface area contributed by atoms with Gasteiger partial charge in [-0.15, -0.1) is 11.3 Å². The van der Waals surface area contributed by atoms with Crippen molar-refractivity contribution in [2.75, 3.05) is 0 Å². The number of benzene rings is 2. The first kappa shape index (κ1) is 13.0. The summed E-state index contributed by atoms with van der Waals surface area (Å²) in [6, 6.07) is 19.4. The van der Waals surface area contributed by atoms with Crippen molar-refractivity contribution in [3.05, 3.63) is 81.0 Å². The maximum atomic E-state index is 11.8. The lowest BCUT2D eigenvalue weighted by molar-refractivity contribution is -0.533. The molecule has 108 valence electrons. The molecule has 0 spiro atoms. The van der Waals surface area contributed by atoms with Crippen molar-refractivity contribution in [1.82, 2.24) is 4.57 Å². The van der Waals surface area contributed by atoms with Crippen LogP contribution in [-0.4, -0.2) is 9.49 Å². The van der Waals surface area contributed by atoms with Gasteiger partial charge < -0.3 is 0 Å². The van der Waals surface area contributed by atoms with Gasteiger partial charge in [-0.2, -0.15) is 0 Å². The van der Waals surface area contributed by atoms with Crippen LogP contribution in [0.2, 0.25) is 0 Å². The fraction of sp³-hybridized carbons (Fsp3) is 0.0588. The summed E-state index contributed by atoms with van der Waals surface area (Å²) < 4.78 is 1.83. The third-order valence-electron chi connectivity index (χ3n) is 3.86. The van der Waals surface area contributed by atoms with E-state index in [4.69, 9.17) is 0 Å². The van der Waals surface area contributed by atoms with Crippen molar-refractivity contribution in [2.24, 2.45) is 0 Å². The Hall–Kier alpha value is -2.66. The van der Waals surface area contributed by atoms with Gasteiger partial charge in [0.1, 0.15) is 4.88 Å². The molecule has 0 bridgehead atoms. The van der Waals surface area contributed by atoms with Crippen LogP contribution < -0.4 is 0 Å². The third kappa shape index (κ3) is 1.83. The van der Waals surface area contributed by atoms with Crippen molar-refractivity contribution in [3.8, 4) is 0 Å². The number of hydrogen-bond donors (Lipinski definition) is 0. The number of nitro groups is 1. The predicted molar refractivity (Wildman–Crippen MR) is 88.9 cm³/mol. The van der Waals surface area contributed by atoms with E-state index in [-0.39, 0.29) is 4.92 Å². The van der Waals surface area contributed by atoms with Crippen molar-refractivity contribution in [3.63, 3.8) is 0 Å². The van der Waals surface area contributed by atoms with E-state index in [2.05, 4.69) is 0 Å². The number of nitrogens with zero attached hydrogens (tertiary/aromatic N) is 2. The van der Waals surface area contributed by atoms with Crippen molar-refractivity contribution < 1.29 is 4.92 Å². The van der Waals surface area contributed by atoms with Crippen LogP contribution in [-0.2, 0) is 0 Å². The summed E-state index contributed by atoms with van der Waals surface area (Å²) in [5.41, 5.74) is 1.78. The molecule has 0 fully saturated rings. The Balaban J connectivity index is 2.13. The molecule has 2 heterocycles. The van der Waals surface area contributed by atoms with Crippen LogP contribution >= 0.6 is 11.3 Å². The van der Waals surface area contributed by atoms with E-state index in [1.165, 1.54) is 11.3 Å². The van der Waals surface area contributed by atoms with Crippen molar-refractivity contribution in [2.45, 2.75) is 6.17 Å². The molecule has 0 saturated carbocycles. The highest BCUT2D eigenvalue weighted by molar-refractivity contribution is 7.10.